The van der Waals surface area contributed by atoms with Crippen LogP contribution in [0.15, 0.2) is 18.2 Å². The number of rotatable bonds is 4. The first-order chi connectivity index (χ1) is 8.77. The van der Waals surface area contributed by atoms with Crippen molar-refractivity contribution < 1.29 is 16.8 Å². The van der Waals surface area contributed by atoms with Gasteiger partial charge in [-0.05, 0) is 30.5 Å². The van der Waals surface area contributed by atoms with Gasteiger partial charge in [-0.2, -0.15) is 0 Å². The molecule has 106 valence electrons. The lowest BCUT2D eigenvalue weighted by Crippen LogP contribution is -2.23. The molecule has 1 aliphatic heterocycles. The SMILES string of the molecule is CS(=O)(=O)CS(=O)(=O)Nc1cccc2c1CCCN2. The van der Waals surface area contributed by atoms with Crippen molar-refractivity contribution in [2.24, 2.45) is 0 Å². The van der Waals surface area contributed by atoms with E-state index in [1.165, 1.54) is 0 Å². The Hall–Kier alpha value is -1.28. The van der Waals surface area contributed by atoms with E-state index in [1.54, 1.807) is 12.1 Å². The standard InChI is InChI=1S/C11H16N2O4S2/c1-18(14,15)8-19(16,17)13-11-6-2-5-10-9(11)4-3-7-12-10/h2,5-6,12-13H,3-4,7-8H2,1H3. The average Bonchev–Trinajstić information content (AvgIpc) is 2.25. The topological polar surface area (TPSA) is 92.3 Å². The maximum atomic E-state index is 11.8. The molecule has 0 fully saturated rings. The third kappa shape index (κ3) is 3.84. The van der Waals surface area contributed by atoms with Crippen LogP contribution in [0, 0.1) is 0 Å². The van der Waals surface area contributed by atoms with E-state index < -0.39 is 24.9 Å². The molecule has 0 aliphatic carbocycles. The number of benzene rings is 1. The maximum Gasteiger partial charge on any atom is 0.247 e. The highest BCUT2D eigenvalue weighted by Gasteiger charge is 2.21. The minimum atomic E-state index is -3.89. The first kappa shape index (κ1) is 14.1. The Labute approximate surface area is 113 Å². The Kier molecular flexibility index (Phi) is 3.73. The number of hydrogen-bond acceptors (Lipinski definition) is 5. The zero-order valence-electron chi connectivity index (χ0n) is 10.5. The average molecular weight is 304 g/mol. The Morgan fingerprint density at radius 3 is 2.68 bits per heavy atom. The Balaban J connectivity index is 2.29. The van der Waals surface area contributed by atoms with Gasteiger partial charge in [-0.3, -0.25) is 4.72 Å². The van der Waals surface area contributed by atoms with Crippen molar-refractivity contribution in [3.63, 3.8) is 0 Å². The fourth-order valence-corrected chi connectivity index (χ4v) is 5.10. The van der Waals surface area contributed by atoms with Gasteiger partial charge in [-0.15, -0.1) is 0 Å². The Morgan fingerprint density at radius 2 is 2.00 bits per heavy atom. The molecule has 1 aromatic carbocycles. The van der Waals surface area contributed by atoms with E-state index in [4.69, 9.17) is 0 Å². The van der Waals surface area contributed by atoms with Crippen LogP contribution in [0.5, 0.6) is 0 Å². The number of sulfone groups is 1. The van der Waals surface area contributed by atoms with Crippen LogP contribution in [0.25, 0.3) is 0 Å². The highest BCUT2D eigenvalue weighted by Crippen LogP contribution is 2.29. The van der Waals surface area contributed by atoms with Crippen LogP contribution in [0.4, 0.5) is 11.4 Å². The highest BCUT2D eigenvalue weighted by molar-refractivity contribution is 8.08. The fourth-order valence-electron chi connectivity index (χ4n) is 2.08. The lowest BCUT2D eigenvalue weighted by molar-refractivity contribution is 0.595. The summed E-state index contributed by atoms with van der Waals surface area (Å²) in [6.07, 6.45) is 2.58. The lowest BCUT2D eigenvalue weighted by Gasteiger charge is -2.21. The van der Waals surface area contributed by atoms with E-state index in [2.05, 4.69) is 10.0 Å². The lowest BCUT2D eigenvalue weighted by atomic mass is 10.0. The van der Waals surface area contributed by atoms with Gasteiger partial charge in [0.25, 0.3) is 0 Å². The minimum Gasteiger partial charge on any atom is -0.385 e. The van der Waals surface area contributed by atoms with Gasteiger partial charge >= 0.3 is 0 Å². The van der Waals surface area contributed by atoms with Gasteiger partial charge in [0.15, 0.2) is 14.9 Å². The zero-order valence-corrected chi connectivity index (χ0v) is 12.1. The van der Waals surface area contributed by atoms with Crippen molar-refractivity contribution in [1.29, 1.82) is 0 Å². The molecule has 2 rings (SSSR count). The normalized spacial score (nSPS) is 15.4. The van der Waals surface area contributed by atoms with E-state index in [-0.39, 0.29) is 0 Å². The third-order valence-electron chi connectivity index (χ3n) is 2.73. The van der Waals surface area contributed by atoms with Crippen LogP contribution in [-0.2, 0) is 26.3 Å². The van der Waals surface area contributed by atoms with Gasteiger partial charge in [0.05, 0.1) is 5.69 Å². The molecule has 0 spiro atoms. The van der Waals surface area contributed by atoms with Crippen LogP contribution in [0.1, 0.15) is 12.0 Å². The summed E-state index contributed by atoms with van der Waals surface area (Å²) >= 11 is 0. The summed E-state index contributed by atoms with van der Waals surface area (Å²) < 4.78 is 48.1. The quantitative estimate of drug-likeness (QED) is 0.858. The van der Waals surface area contributed by atoms with Gasteiger partial charge in [-0.1, -0.05) is 6.07 Å². The second-order valence-electron chi connectivity index (χ2n) is 4.62. The van der Waals surface area contributed by atoms with Gasteiger partial charge in [0.2, 0.25) is 10.0 Å². The van der Waals surface area contributed by atoms with Crippen LogP contribution in [-0.4, -0.2) is 34.7 Å². The second kappa shape index (κ2) is 5.01. The van der Waals surface area contributed by atoms with E-state index in [9.17, 15) is 16.8 Å². The summed E-state index contributed by atoms with van der Waals surface area (Å²) in [5.74, 6) is 0. The van der Waals surface area contributed by atoms with Crippen molar-refractivity contribution in [2.75, 3.05) is 27.9 Å². The molecule has 6 nitrogen and oxygen atoms in total. The summed E-state index contributed by atoms with van der Waals surface area (Å²) in [6.45, 7) is 0.854. The smallest absolute Gasteiger partial charge is 0.247 e. The minimum absolute atomic E-state index is 0.452. The third-order valence-corrected chi connectivity index (χ3v) is 6.21. The molecule has 1 aliphatic rings. The molecule has 0 saturated carbocycles. The zero-order chi connectivity index (χ0) is 14.1. The van der Waals surface area contributed by atoms with Crippen molar-refractivity contribution in [3.8, 4) is 0 Å². The van der Waals surface area contributed by atoms with Crippen molar-refractivity contribution in [3.05, 3.63) is 23.8 Å². The molecule has 0 saturated heterocycles. The number of nitrogens with one attached hydrogen (secondary N) is 2. The van der Waals surface area contributed by atoms with Gasteiger partial charge in [0, 0.05) is 18.5 Å². The molecule has 1 heterocycles. The molecule has 0 unspecified atom stereocenters. The number of hydrogen-bond donors (Lipinski definition) is 2. The molecule has 0 amide bonds. The Morgan fingerprint density at radius 1 is 1.26 bits per heavy atom. The second-order valence-corrected chi connectivity index (χ2v) is 8.85. The van der Waals surface area contributed by atoms with Crippen LogP contribution in [0.2, 0.25) is 0 Å². The Bertz CT molecular complexity index is 681. The van der Waals surface area contributed by atoms with Crippen molar-refractivity contribution >= 4 is 31.2 Å². The summed E-state index contributed by atoms with van der Waals surface area (Å²) in [6, 6.07) is 5.25. The highest BCUT2D eigenvalue weighted by atomic mass is 32.3. The molecule has 0 atom stereocenters. The summed E-state index contributed by atoms with van der Waals surface area (Å²) in [7, 11) is -7.48. The molecule has 1 aromatic rings. The summed E-state index contributed by atoms with van der Waals surface area (Å²) in [5.41, 5.74) is 2.23. The van der Waals surface area contributed by atoms with Crippen molar-refractivity contribution in [1.82, 2.24) is 0 Å². The molecule has 8 heteroatoms. The first-order valence-electron chi connectivity index (χ1n) is 5.81. The number of anilines is 2. The van der Waals surface area contributed by atoms with Gasteiger partial charge < -0.3 is 5.32 Å². The maximum absolute atomic E-state index is 11.8. The van der Waals surface area contributed by atoms with Gasteiger partial charge in [-0.25, -0.2) is 16.8 Å². The van der Waals surface area contributed by atoms with E-state index in [0.29, 0.717) is 5.69 Å². The molecular formula is C11H16N2O4S2. The number of fused-ring (bicyclic) bond motifs is 1. The molecule has 0 radical (unpaired) electrons. The number of sulfonamides is 1. The van der Waals surface area contributed by atoms with E-state index in [0.717, 1.165) is 36.9 Å². The molecule has 0 aromatic heterocycles. The summed E-state index contributed by atoms with van der Waals surface area (Å²) in [4.78, 5) is 0. The van der Waals surface area contributed by atoms with Crippen LogP contribution in [0.3, 0.4) is 0 Å². The predicted molar refractivity (Wildman–Crippen MR) is 75.5 cm³/mol. The first-order valence-corrected chi connectivity index (χ1v) is 9.52. The molecular weight excluding hydrogens is 288 g/mol. The molecule has 19 heavy (non-hydrogen) atoms. The summed E-state index contributed by atoms with van der Waals surface area (Å²) in [5, 5.41) is 2.28. The van der Waals surface area contributed by atoms with Crippen LogP contribution < -0.4 is 10.0 Å². The largest absolute Gasteiger partial charge is 0.385 e. The van der Waals surface area contributed by atoms with Gasteiger partial charge in [0.1, 0.15) is 0 Å². The van der Waals surface area contributed by atoms with E-state index >= 15 is 0 Å². The fraction of sp³-hybridized carbons (Fsp3) is 0.455. The monoisotopic (exact) mass is 304 g/mol. The molecule has 0 bridgehead atoms. The molecule has 2 N–H and O–H groups in total. The van der Waals surface area contributed by atoms with E-state index in [1.807, 2.05) is 6.07 Å². The van der Waals surface area contributed by atoms with Crippen LogP contribution >= 0.6 is 0 Å². The predicted octanol–water partition coefficient (Wildman–Crippen LogP) is 0.788. The van der Waals surface area contributed by atoms with Crippen molar-refractivity contribution in [2.45, 2.75) is 12.8 Å².